The molecule has 3 saturated heterocycles. The third-order valence-corrected chi connectivity index (χ3v) is 9.86. The molecular formula is C37H32Cl2F5N3O7. The van der Waals surface area contributed by atoms with Crippen LogP contribution in [0, 0.1) is 16.9 Å². The number of pyridine rings is 1. The van der Waals surface area contributed by atoms with Gasteiger partial charge in [-0.25, -0.2) is 14.0 Å². The minimum atomic E-state index is -3.41. The number of hydrogen-bond donors (Lipinski definition) is 0. The molecule has 0 radical (unpaired) electrons. The molecule has 2 bridgehead atoms. The van der Waals surface area contributed by atoms with Gasteiger partial charge < -0.3 is 24.2 Å². The van der Waals surface area contributed by atoms with Crippen molar-refractivity contribution in [3.05, 3.63) is 122 Å². The van der Waals surface area contributed by atoms with E-state index in [1.807, 2.05) is 0 Å². The van der Waals surface area contributed by atoms with Crippen LogP contribution in [-0.2, 0) is 22.4 Å². The highest BCUT2D eigenvalue weighted by molar-refractivity contribution is 6.35. The summed E-state index contributed by atoms with van der Waals surface area (Å²) in [6.07, 6.45) is 1.15. The lowest BCUT2D eigenvalue weighted by Crippen LogP contribution is -2.53. The number of halogens is 7. The molecule has 54 heavy (non-hydrogen) atoms. The van der Waals surface area contributed by atoms with Gasteiger partial charge in [-0.05, 0) is 79.4 Å². The summed E-state index contributed by atoms with van der Waals surface area (Å²) >= 11 is 12.5. The molecule has 0 aliphatic carbocycles. The number of benzene rings is 3. The smallest absolute Gasteiger partial charge is 0.415 e. The normalized spacial score (nSPS) is 18.4. The molecule has 0 saturated carbocycles. The van der Waals surface area contributed by atoms with Crippen molar-refractivity contribution in [1.29, 1.82) is 0 Å². The predicted molar refractivity (Wildman–Crippen MR) is 185 cm³/mol. The van der Waals surface area contributed by atoms with Gasteiger partial charge in [-0.3, -0.25) is 9.80 Å². The van der Waals surface area contributed by atoms with E-state index < -0.39 is 48.7 Å². The standard InChI is InChI=1S/C37H32Cl2F5N3O7/c38-26-18-46(50)19-27(39)25(26)16-31(24-9-10-30(52-35(41)42)32(15-24)53-36(43)44)51-34(48)23-7-5-21(6-8-23)17-47(29-4-2-1-3-28(29)40)37(49)54-33-20-45-13-11-22(33)12-14-45/h1-10,15,18-19,22,31,33,35-36H,11-14,16-17,20H2/t31-,33+/m1/s1. The van der Waals surface area contributed by atoms with Gasteiger partial charge in [0.15, 0.2) is 23.9 Å². The van der Waals surface area contributed by atoms with Crippen LogP contribution in [0.1, 0.15) is 46.0 Å². The Balaban J connectivity index is 1.24. The molecular weight excluding hydrogens is 764 g/mol. The Morgan fingerprint density at radius 2 is 1.56 bits per heavy atom. The topological polar surface area (TPSA) is 104 Å². The summed E-state index contributed by atoms with van der Waals surface area (Å²) in [6, 6.07) is 14.7. The second kappa shape index (κ2) is 17.1. The van der Waals surface area contributed by atoms with Crippen LogP contribution in [0.3, 0.4) is 0 Å². The number of carbonyl (C=O) groups is 2. The molecule has 1 amide bonds. The van der Waals surface area contributed by atoms with E-state index in [1.165, 1.54) is 53.4 Å². The van der Waals surface area contributed by atoms with Crippen LogP contribution in [0.2, 0.25) is 10.0 Å². The Labute approximate surface area is 316 Å². The number of anilines is 1. The molecule has 0 unspecified atom stereocenters. The first-order valence-corrected chi connectivity index (χ1v) is 17.5. The van der Waals surface area contributed by atoms with Crippen molar-refractivity contribution in [2.45, 2.75) is 51.2 Å². The first-order chi connectivity index (χ1) is 25.8. The van der Waals surface area contributed by atoms with E-state index in [2.05, 4.69) is 14.4 Å². The van der Waals surface area contributed by atoms with Crippen LogP contribution in [0.25, 0.3) is 0 Å². The van der Waals surface area contributed by atoms with Crippen molar-refractivity contribution in [2.75, 3.05) is 24.5 Å². The van der Waals surface area contributed by atoms with E-state index in [-0.39, 0.29) is 57.4 Å². The van der Waals surface area contributed by atoms with Crippen LogP contribution in [0.5, 0.6) is 11.5 Å². The third-order valence-electron chi connectivity index (χ3n) is 9.21. The highest BCUT2D eigenvalue weighted by Crippen LogP contribution is 2.37. The van der Waals surface area contributed by atoms with Gasteiger partial charge in [0.2, 0.25) is 0 Å². The monoisotopic (exact) mass is 795 g/mol. The average molecular weight is 797 g/mol. The van der Waals surface area contributed by atoms with Crippen LogP contribution >= 0.6 is 23.2 Å². The maximum absolute atomic E-state index is 15.0. The minimum absolute atomic E-state index is 0.00486. The number of hydrogen-bond acceptors (Lipinski definition) is 8. The van der Waals surface area contributed by atoms with Crippen molar-refractivity contribution in [1.82, 2.24) is 4.90 Å². The summed E-state index contributed by atoms with van der Waals surface area (Å²) < 4.78 is 88.3. The van der Waals surface area contributed by atoms with Crippen molar-refractivity contribution >= 4 is 41.0 Å². The molecule has 3 aliphatic heterocycles. The summed E-state index contributed by atoms with van der Waals surface area (Å²) in [6.45, 7) is -4.39. The van der Waals surface area contributed by atoms with Gasteiger partial charge in [0.05, 0.1) is 17.8 Å². The van der Waals surface area contributed by atoms with E-state index in [0.717, 1.165) is 50.5 Å². The Kier molecular flexibility index (Phi) is 12.3. The number of carbonyl (C=O) groups excluding carboxylic acids is 2. The van der Waals surface area contributed by atoms with Crippen LogP contribution in [0.15, 0.2) is 79.1 Å². The fraction of sp³-hybridized carbons (Fsp3) is 0.324. The van der Waals surface area contributed by atoms with Gasteiger partial charge in [-0.15, -0.1) is 0 Å². The Morgan fingerprint density at radius 1 is 0.907 bits per heavy atom. The van der Waals surface area contributed by atoms with Gasteiger partial charge in [-0.1, -0.05) is 53.5 Å². The fourth-order valence-corrected chi connectivity index (χ4v) is 7.13. The number of rotatable bonds is 13. The molecule has 286 valence electrons. The quantitative estimate of drug-likeness (QED) is 0.0576. The fourth-order valence-electron chi connectivity index (χ4n) is 6.53. The first kappa shape index (κ1) is 38.9. The molecule has 0 spiro atoms. The number of fused-ring (bicyclic) bond motifs is 3. The molecule has 10 nitrogen and oxygen atoms in total. The number of piperidine rings is 3. The van der Waals surface area contributed by atoms with Gasteiger partial charge in [0, 0.05) is 18.5 Å². The second-order valence-corrected chi connectivity index (χ2v) is 13.5. The molecule has 3 fully saturated rings. The summed E-state index contributed by atoms with van der Waals surface area (Å²) in [5.74, 6) is -2.78. The van der Waals surface area contributed by atoms with E-state index in [4.69, 9.17) is 32.7 Å². The number of nitrogens with zero attached hydrogens (tertiary/aromatic N) is 3. The third kappa shape index (κ3) is 9.43. The number of alkyl halides is 4. The maximum atomic E-state index is 15.0. The Bertz CT molecular complexity index is 1950. The van der Waals surface area contributed by atoms with Crippen LogP contribution < -0.4 is 19.1 Å². The van der Waals surface area contributed by atoms with Crippen LogP contribution in [-0.4, -0.2) is 55.9 Å². The van der Waals surface area contributed by atoms with Gasteiger partial charge in [0.1, 0.15) is 28.1 Å². The lowest BCUT2D eigenvalue weighted by molar-refractivity contribution is -0.605. The minimum Gasteiger partial charge on any atom is -0.619 e. The van der Waals surface area contributed by atoms with Crippen molar-refractivity contribution in [3.63, 3.8) is 0 Å². The van der Waals surface area contributed by atoms with Crippen LogP contribution in [0.4, 0.5) is 32.4 Å². The average Bonchev–Trinajstić information content (AvgIpc) is 3.13. The maximum Gasteiger partial charge on any atom is 0.415 e. The molecule has 0 N–H and O–H groups in total. The van der Waals surface area contributed by atoms with Crippen molar-refractivity contribution < 1.29 is 55.2 Å². The predicted octanol–water partition coefficient (Wildman–Crippen LogP) is 8.35. The number of ether oxygens (including phenoxy) is 4. The molecule has 1 aromatic heterocycles. The zero-order valence-electron chi connectivity index (χ0n) is 28.2. The van der Waals surface area contributed by atoms with Gasteiger partial charge >= 0.3 is 25.3 Å². The SMILES string of the molecule is O=C(O[C@H](Cc1c(Cl)c[n+]([O-])cc1Cl)c1ccc(OC(F)F)c(OC(F)F)c1)c1ccc(CN(C(=O)O[C@H]2CN3CCC2CC3)c2ccccc2F)cc1. The number of para-hydroxylation sites is 1. The van der Waals surface area contributed by atoms with E-state index >= 15 is 4.39 Å². The Morgan fingerprint density at radius 3 is 2.17 bits per heavy atom. The molecule has 3 aromatic carbocycles. The summed E-state index contributed by atoms with van der Waals surface area (Å²) in [4.78, 5) is 30.5. The van der Waals surface area contributed by atoms with Crippen molar-refractivity contribution in [2.24, 2.45) is 5.92 Å². The highest BCUT2D eigenvalue weighted by atomic mass is 35.5. The molecule has 3 aliphatic rings. The zero-order valence-corrected chi connectivity index (χ0v) is 29.7. The lowest BCUT2D eigenvalue weighted by Gasteiger charge is -2.44. The second-order valence-electron chi connectivity index (χ2n) is 12.6. The summed E-state index contributed by atoms with van der Waals surface area (Å²) in [5, 5.41) is 11.6. The molecule has 4 heterocycles. The van der Waals surface area contributed by atoms with E-state index in [0.29, 0.717) is 16.8 Å². The van der Waals surface area contributed by atoms with Gasteiger partial charge in [-0.2, -0.15) is 22.3 Å². The summed E-state index contributed by atoms with van der Waals surface area (Å²) in [7, 11) is 0. The van der Waals surface area contributed by atoms with Gasteiger partial charge in [0.25, 0.3) is 0 Å². The number of aromatic nitrogens is 1. The Hall–Kier alpha value is -4.86. The van der Waals surface area contributed by atoms with E-state index in [9.17, 15) is 32.4 Å². The number of esters is 1. The first-order valence-electron chi connectivity index (χ1n) is 16.7. The summed E-state index contributed by atoms with van der Waals surface area (Å²) in [5.41, 5.74) is 0.692. The molecule has 4 aromatic rings. The lowest BCUT2D eigenvalue weighted by atomic mass is 9.86. The molecule has 2 atom stereocenters. The number of amides is 1. The molecule has 7 rings (SSSR count). The largest absolute Gasteiger partial charge is 0.619 e. The zero-order chi connectivity index (χ0) is 38.5. The molecule has 17 heteroatoms. The highest BCUT2D eigenvalue weighted by Gasteiger charge is 2.38. The van der Waals surface area contributed by atoms with Crippen molar-refractivity contribution in [3.8, 4) is 11.5 Å². The van der Waals surface area contributed by atoms with E-state index in [1.54, 1.807) is 6.07 Å².